The first kappa shape index (κ1) is 16.3. The lowest BCUT2D eigenvalue weighted by Gasteiger charge is -2.25. The van der Waals surface area contributed by atoms with Gasteiger partial charge in [0.1, 0.15) is 4.92 Å². The number of anilines is 1. The van der Waals surface area contributed by atoms with E-state index in [1.807, 2.05) is 60.7 Å². The molecule has 0 aliphatic rings. The van der Waals surface area contributed by atoms with Crippen LogP contribution in [0.15, 0.2) is 77.2 Å². The fourth-order valence-corrected chi connectivity index (χ4v) is 2.29. The maximum atomic E-state index is 12.4. The number of hydrogen-bond donors (Lipinski definition) is 1. The number of para-hydroxylation sites is 1. The molecule has 7 nitrogen and oxygen atoms in total. The maximum absolute atomic E-state index is 12.4. The minimum absolute atomic E-state index is 0.124. The number of nitro groups is 1. The van der Waals surface area contributed by atoms with Gasteiger partial charge in [0.15, 0.2) is 0 Å². The number of rotatable bonds is 6. The molecule has 1 aromatic heterocycles. The summed E-state index contributed by atoms with van der Waals surface area (Å²) < 4.78 is 4.96. The zero-order valence-electron chi connectivity index (χ0n) is 13.2. The first-order valence-electron chi connectivity index (χ1n) is 7.55. The van der Waals surface area contributed by atoms with Gasteiger partial charge in [0, 0.05) is 0 Å². The monoisotopic (exact) mass is 337 g/mol. The van der Waals surface area contributed by atoms with Crippen LogP contribution in [-0.2, 0) is 6.54 Å². The predicted molar refractivity (Wildman–Crippen MR) is 91.9 cm³/mol. The Bertz CT molecular complexity index is 862. The average Bonchev–Trinajstić information content (AvgIpc) is 3.13. The number of hydrazine groups is 1. The summed E-state index contributed by atoms with van der Waals surface area (Å²) in [6.45, 7) is 0.430. The second kappa shape index (κ2) is 7.31. The number of benzene rings is 2. The van der Waals surface area contributed by atoms with Gasteiger partial charge in [-0.15, -0.1) is 0 Å². The number of carbonyl (C=O) groups is 1. The molecule has 0 atom stereocenters. The summed E-state index contributed by atoms with van der Waals surface area (Å²) in [4.78, 5) is 22.4. The van der Waals surface area contributed by atoms with Crippen LogP contribution in [-0.4, -0.2) is 10.8 Å². The Kier molecular flexibility index (Phi) is 4.75. The molecule has 0 saturated carbocycles. The number of nitrogens with zero attached hydrogens (tertiary/aromatic N) is 2. The Balaban J connectivity index is 1.81. The third kappa shape index (κ3) is 4.03. The highest BCUT2D eigenvalue weighted by Crippen LogP contribution is 2.18. The minimum atomic E-state index is -0.685. The summed E-state index contributed by atoms with van der Waals surface area (Å²) >= 11 is 0. The molecule has 3 aromatic rings. The van der Waals surface area contributed by atoms with Crippen molar-refractivity contribution in [1.82, 2.24) is 5.43 Å². The second-order valence-corrected chi connectivity index (χ2v) is 5.24. The molecule has 25 heavy (non-hydrogen) atoms. The average molecular weight is 337 g/mol. The van der Waals surface area contributed by atoms with Gasteiger partial charge in [-0.05, 0) is 23.8 Å². The molecule has 2 aromatic carbocycles. The minimum Gasteiger partial charge on any atom is -0.395 e. The normalized spacial score (nSPS) is 10.2. The van der Waals surface area contributed by atoms with Crippen molar-refractivity contribution in [3.8, 4) is 0 Å². The molecule has 0 aliphatic carbocycles. The molecule has 1 N–H and O–H groups in total. The molecule has 0 saturated heterocycles. The maximum Gasteiger partial charge on any atom is 0.433 e. The van der Waals surface area contributed by atoms with Crippen LogP contribution < -0.4 is 10.4 Å². The van der Waals surface area contributed by atoms with Crippen molar-refractivity contribution < 1.29 is 14.1 Å². The van der Waals surface area contributed by atoms with Crippen LogP contribution in [0.1, 0.15) is 16.1 Å². The van der Waals surface area contributed by atoms with E-state index in [4.69, 9.17) is 4.42 Å². The summed E-state index contributed by atoms with van der Waals surface area (Å²) in [5.74, 6) is -1.16. The topological polar surface area (TPSA) is 88.6 Å². The van der Waals surface area contributed by atoms with Gasteiger partial charge in [-0.2, -0.15) is 0 Å². The Morgan fingerprint density at radius 1 is 1.00 bits per heavy atom. The van der Waals surface area contributed by atoms with Crippen LogP contribution >= 0.6 is 0 Å². The fourth-order valence-electron chi connectivity index (χ4n) is 2.29. The van der Waals surface area contributed by atoms with Crippen LogP contribution in [0.2, 0.25) is 0 Å². The molecule has 126 valence electrons. The molecule has 3 rings (SSSR count). The van der Waals surface area contributed by atoms with Crippen LogP contribution in [0.3, 0.4) is 0 Å². The SMILES string of the molecule is O=C(NN(Cc1ccccc1)c1ccccc1)c1ccc([N+](=O)[O-])o1. The lowest BCUT2D eigenvalue weighted by molar-refractivity contribution is -0.402. The smallest absolute Gasteiger partial charge is 0.395 e. The number of hydrogen-bond acceptors (Lipinski definition) is 5. The van der Waals surface area contributed by atoms with Gasteiger partial charge < -0.3 is 4.42 Å². The van der Waals surface area contributed by atoms with E-state index in [1.165, 1.54) is 6.07 Å². The molecule has 0 fully saturated rings. The molecular weight excluding hydrogens is 322 g/mol. The molecule has 0 spiro atoms. The van der Waals surface area contributed by atoms with Crippen molar-refractivity contribution in [2.24, 2.45) is 0 Å². The van der Waals surface area contributed by atoms with Crippen LogP contribution in [0.25, 0.3) is 0 Å². The van der Waals surface area contributed by atoms with E-state index in [2.05, 4.69) is 5.43 Å². The van der Waals surface area contributed by atoms with Crippen LogP contribution in [0, 0.1) is 10.1 Å². The molecule has 1 amide bonds. The van der Waals surface area contributed by atoms with E-state index in [1.54, 1.807) is 5.01 Å². The van der Waals surface area contributed by atoms with Gasteiger partial charge in [0.05, 0.1) is 18.3 Å². The van der Waals surface area contributed by atoms with E-state index in [0.29, 0.717) is 6.54 Å². The highest BCUT2D eigenvalue weighted by molar-refractivity contribution is 5.92. The number of furan rings is 1. The van der Waals surface area contributed by atoms with Crippen molar-refractivity contribution in [2.75, 3.05) is 5.01 Å². The third-order valence-electron chi connectivity index (χ3n) is 3.48. The van der Waals surface area contributed by atoms with Crippen LogP contribution in [0.5, 0.6) is 0 Å². The first-order valence-corrected chi connectivity index (χ1v) is 7.55. The first-order chi connectivity index (χ1) is 12.1. The van der Waals surface area contributed by atoms with Gasteiger partial charge in [-0.25, -0.2) is 0 Å². The van der Waals surface area contributed by atoms with E-state index < -0.39 is 16.7 Å². The van der Waals surface area contributed by atoms with Gasteiger partial charge in [-0.3, -0.25) is 25.3 Å². The molecule has 0 radical (unpaired) electrons. The van der Waals surface area contributed by atoms with Gasteiger partial charge in [0.2, 0.25) is 5.76 Å². The second-order valence-electron chi connectivity index (χ2n) is 5.24. The predicted octanol–water partition coefficient (Wildman–Crippen LogP) is 3.54. The standard InChI is InChI=1S/C18H15N3O4/c22-18(16-11-12-17(25-16)21(23)24)19-20(15-9-5-2-6-10-15)13-14-7-3-1-4-8-14/h1-12H,13H2,(H,19,22). The molecule has 0 unspecified atom stereocenters. The summed E-state index contributed by atoms with van der Waals surface area (Å²) in [5.41, 5.74) is 4.50. The molecule has 1 heterocycles. The number of nitrogens with one attached hydrogen (secondary N) is 1. The highest BCUT2D eigenvalue weighted by atomic mass is 16.6. The van der Waals surface area contributed by atoms with Crippen molar-refractivity contribution in [2.45, 2.75) is 6.54 Å². The Labute approximate surface area is 143 Å². The molecule has 7 heteroatoms. The molecular formula is C18H15N3O4. The van der Waals surface area contributed by atoms with E-state index in [0.717, 1.165) is 17.3 Å². The zero-order valence-corrected chi connectivity index (χ0v) is 13.2. The third-order valence-corrected chi connectivity index (χ3v) is 3.48. The van der Waals surface area contributed by atoms with Crippen LogP contribution in [0.4, 0.5) is 11.6 Å². The number of amides is 1. The van der Waals surface area contributed by atoms with Crippen molar-refractivity contribution in [3.05, 3.63) is 94.2 Å². The summed E-state index contributed by atoms with van der Waals surface area (Å²) in [7, 11) is 0. The largest absolute Gasteiger partial charge is 0.433 e. The Morgan fingerprint density at radius 3 is 2.24 bits per heavy atom. The molecule has 0 aliphatic heterocycles. The fraction of sp³-hybridized carbons (Fsp3) is 0.0556. The van der Waals surface area contributed by atoms with Gasteiger partial charge in [0.25, 0.3) is 0 Å². The lowest BCUT2D eigenvalue weighted by atomic mass is 10.2. The summed E-state index contributed by atoms with van der Waals surface area (Å²) in [6.07, 6.45) is 0. The Hall–Kier alpha value is -3.61. The van der Waals surface area contributed by atoms with Crippen molar-refractivity contribution in [3.63, 3.8) is 0 Å². The zero-order chi connectivity index (χ0) is 17.6. The lowest BCUT2D eigenvalue weighted by Crippen LogP contribution is -2.41. The van der Waals surface area contributed by atoms with E-state index in [9.17, 15) is 14.9 Å². The van der Waals surface area contributed by atoms with Gasteiger partial charge >= 0.3 is 11.8 Å². The summed E-state index contributed by atoms with van der Waals surface area (Å²) in [5, 5.41) is 12.4. The highest BCUT2D eigenvalue weighted by Gasteiger charge is 2.19. The number of carbonyl (C=O) groups excluding carboxylic acids is 1. The van der Waals surface area contributed by atoms with Crippen molar-refractivity contribution >= 4 is 17.5 Å². The summed E-state index contributed by atoms with van der Waals surface area (Å²) in [6, 6.07) is 21.4. The van der Waals surface area contributed by atoms with E-state index in [-0.39, 0.29) is 5.76 Å². The van der Waals surface area contributed by atoms with Crippen molar-refractivity contribution in [1.29, 1.82) is 0 Å². The quantitative estimate of drug-likeness (QED) is 0.549. The van der Waals surface area contributed by atoms with Gasteiger partial charge in [-0.1, -0.05) is 48.5 Å². The Morgan fingerprint density at radius 2 is 1.64 bits per heavy atom. The van der Waals surface area contributed by atoms with E-state index >= 15 is 0 Å². The molecule has 0 bridgehead atoms.